The molecule has 6 nitrogen and oxygen atoms in total. The summed E-state index contributed by atoms with van der Waals surface area (Å²) >= 11 is 1.65. The molecular weight excluding hydrogens is 288 g/mol. The average Bonchev–Trinajstić information content (AvgIpc) is 2.81. The van der Waals surface area contributed by atoms with E-state index in [0.717, 1.165) is 16.0 Å². The van der Waals surface area contributed by atoms with Gasteiger partial charge in [0.15, 0.2) is 0 Å². The molecule has 3 rings (SSSR count). The number of rotatable bonds is 3. The number of anilines is 1. The van der Waals surface area contributed by atoms with Crippen LogP contribution in [-0.4, -0.2) is 53.6 Å². The molecule has 1 amide bonds. The van der Waals surface area contributed by atoms with E-state index in [1.165, 1.54) is 10.4 Å². The number of aryl methyl sites for hydroxylation is 2. The van der Waals surface area contributed by atoms with Crippen LogP contribution in [0.3, 0.4) is 0 Å². The number of nitrogens with zero attached hydrogens (tertiary/aromatic N) is 3. The van der Waals surface area contributed by atoms with E-state index in [0.29, 0.717) is 26.3 Å². The maximum absolute atomic E-state index is 12.2. The highest BCUT2D eigenvalue weighted by Gasteiger charge is 2.18. The van der Waals surface area contributed by atoms with Gasteiger partial charge in [-0.3, -0.25) is 4.79 Å². The van der Waals surface area contributed by atoms with Crippen molar-refractivity contribution in [2.45, 2.75) is 13.8 Å². The van der Waals surface area contributed by atoms with Crippen molar-refractivity contribution in [1.82, 2.24) is 14.9 Å². The molecule has 0 unspecified atom stereocenters. The smallest absolute Gasteiger partial charge is 0.242 e. The Morgan fingerprint density at radius 3 is 2.90 bits per heavy atom. The van der Waals surface area contributed by atoms with E-state index in [2.05, 4.69) is 29.1 Å². The van der Waals surface area contributed by atoms with Gasteiger partial charge in [0, 0.05) is 18.0 Å². The lowest BCUT2D eigenvalue weighted by molar-refractivity contribution is -0.133. The number of hydrogen-bond acceptors (Lipinski definition) is 6. The fraction of sp³-hybridized carbons (Fsp3) is 0.500. The van der Waals surface area contributed by atoms with Crippen molar-refractivity contribution in [2.24, 2.45) is 0 Å². The number of nitrogens with one attached hydrogen (secondary N) is 1. The van der Waals surface area contributed by atoms with Gasteiger partial charge in [-0.2, -0.15) is 0 Å². The SMILES string of the molecule is Cc1sc2ncnc(NCC(=O)N3CCOCC3)c2c1C. The zero-order valence-corrected chi connectivity index (χ0v) is 13.0. The lowest BCUT2D eigenvalue weighted by atomic mass is 10.2. The lowest BCUT2D eigenvalue weighted by Crippen LogP contribution is -2.43. The van der Waals surface area contributed by atoms with Crippen molar-refractivity contribution >= 4 is 33.3 Å². The molecule has 7 heteroatoms. The maximum Gasteiger partial charge on any atom is 0.242 e. The molecule has 112 valence electrons. The quantitative estimate of drug-likeness (QED) is 0.932. The molecule has 0 bridgehead atoms. The molecule has 1 saturated heterocycles. The van der Waals surface area contributed by atoms with Crippen LogP contribution in [0.25, 0.3) is 10.2 Å². The predicted molar refractivity (Wildman–Crippen MR) is 82.8 cm³/mol. The van der Waals surface area contributed by atoms with Crippen molar-refractivity contribution in [3.8, 4) is 0 Å². The Kier molecular flexibility index (Phi) is 4.03. The van der Waals surface area contributed by atoms with E-state index >= 15 is 0 Å². The minimum atomic E-state index is 0.0784. The first-order chi connectivity index (χ1) is 10.2. The first kappa shape index (κ1) is 14.2. The molecule has 1 aliphatic rings. The number of carbonyl (C=O) groups is 1. The van der Waals surface area contributed by atoms with Gasteiger partial charge in [0.1, 0.15) is 17.0 Å². The van der Waals surface area contributed by atoms with E-state index < -0.39 is 0 Å². The van der Waals surface area contributed by atoms with Gasteiger partial charge in [0.25, 0.3) is 0 Å². The van der Waals surface area contributed by atoms with E-state index in [1.807, 2.05) is 4.90 Å². The van der Waals surface area contributed by atoms with Gasteiger partial charge in [-0.1, -0.05) is 0 Å². The Morgan fingerprint density at radius 1 is 1.38 bits per heavy atom. The van der Waals surface area contributed by atoms with Crippen LogP contribution in [0, 0.1) is 13.8 Å². The van der Waals surface area contributed by atoms with Crippen molar-refractivity contribution < 1.29 is 9.53 Å². The zero-order chi connectivity index (χ0) is 14.8. The van der Waals surface area contributed by atoms with Crippen LogP contribution in [0.2, 0.25) is 0 Å². The van der Waals surface area contributed by atoms with Crippen molar-refractivity contribution in [3.63, 3.8) is 0 Å². The summed E-state index contributed by atoms with van der Waals surface area (Å²) in [6, 6.07) is 0. The van der Waals surface area contributed by atoms with Gasteiger partial charge in [-0.05, 0) is 19.4 Å². The largest absolute Gasteiger partial charge is 0.378 e. The van der Waals surface area contributed by atoms with Crippen LogP contribution in [0.15, 0.2) is 6.33 Å². The molecule has 2 aromatic rings. The first-order valence-electron chi connectivity index (χ1n) is 6.97. The number of fused-ring (bicyclic) bond motifs is 1. The zero-order valence-electron chi connectivity index (χ0n) is 12.2. The summed E-state index contributed by atoms with van der Waals surface area (Å²) in [7, 11) is 0. The molecular formula is C14H18N4O2S. The minimum Gasteiger partial charge on any atom is -0.378 e. The minimum absolute atomic E-state index is 0.0784. The van der Waals surface area contributed by atoms with E-state index in [1.54, 1.807) is 17.7 Å². The highest BCUT2D eigenvalue weighted by Crippen LogP contribution is 2.32. The molecule has 2 aromatic heterocycles. The van der Waals surface area contributed by atoms with Crippen LogP contribution < -0.4 is 5.32 Å². The number of morpholine rings is 1. The summed E-state index contributed by atoms with van der Waals surface area (Å²) in [5.41, 5.74) is 1.18. The fourth-order valence-corrected chi connectivity index (χ4v) is 3.40. The molecule has 0 aliphatic carbocycles. The standard InChI is InChI=1S/C14H18N4O2S/c1-9-10(2)21-14-12(9)13(16-8-17-14)15-7-11(19)18-3-5-20-6-4-18/h8H,3-7H2,1-2H3,(H,15,16,17). The fourth-order valence-electron chi connectivity index (χ4n) is 2.40. The summed E-state index contributed by atoms with van der Waals surface area (Å²) < 4.78 is 5.26. The van der Waals surface area contributed by atoms with Crippen LogP contribution in [-0.2, 0) is 9.53 Å². The molecule has 0 aromatic carbocycles. The number of hydrogen-bond donors (Lipinski definition) is 1. The van der Waals surface area contributed by atoms with Gasteiger partial charge >= 0.3 is 0 Å². The van der Waals surface area contributed by atoms with Crippen LogP contribution in [0.1, 0.15) is 10.4 Å². The van der Waals surface area contributed by atoms with Crippen LogP contribution >= 0.6 is 11.3 Å². The Balaban J connectivity index is 1.74. The number of amides is 1. The Bertz CT molecular complexity index is 664. The van der Waals surface area contributed by atoms with Gasteiger partial charge in [0.05, 0.1) is 25.1 Å². The maximum atomic E-state index is 12.2. The van der Waals surface area contributed by atoms with Crippen LogP contribution in [0.4, 0.5) is 5.82 Å². The number of ether oxygens (including phenoxy) is 1. The second kappa shape index (κ2) is 5.95. The molecule has 3 heterocycles. The van der Waals surface area contributed by atoms with Gasteiger partial charge in [-0.25, -0.2) is 9.97 Å². The Morgan fingerprint density at radius 2 is 2.14 bits per heavy atom. The summed E-state index contributed by atoms with van der Waals surface area (Å²) in [6.07, 6.45) is 1.54. The summed E-state index contributed by atoms with van der Waals surface area (Å²) in [5.74, 6) is 0.818. The number of aromatic nitrogens is 2. The number of thiophene rings is 1. The van der Waals surface area contributed by atoms with Gasteiger partial charge < -0.3 is 15.0 Å². The monoisotopic (exact) mass is 306 g/mol. The van der Waals surface area contributed by atoms with E-state index in [4.69, 9.17) is 4.74 Å². The second-order valence-corrected chi connectivity index (χ2v) is 6.24. The first-order valence-corrected chi connectivity index (χ1v) is 7.78. The highest BCUT2D eigenvalue weighted by molar-refractivity contribution is 7.18. The highest BCUT2D eigenvalue weighted by atomic mass is 32.1. The molecule has 1 aliphatic heterocycles. The van der Waals surface area contributed by atoms with Crippen LogP contribution in [0.5, 0.6) is 0 Å². The summed E-state index contributed by atoms with van der Waals surface area (Å²) in [6.45, 7) is 6.95. The third-order valence-corrected chi connectivity index (χ3v) is 4.85. The second-order valence-electron chi connectivity index (χ2n) is 5.03. The van der Waals surface area contributed by atoms with E-state index in [-0.39, 0.29) is 12.5 Å². The normalized spacial score (nSPS) is 15.4. The Labute approximate surface area is 127 Å². The Hall–Kier alpha value is -1.73. The molecule has 1 fully saturated rings. The third kappa shape index (κ3) is 2.84. The molecule has 1 N–H and O–H groups in total. The molecule has 0 atom stereocenters. The molecule has 21 heavy (non-hydrogen) atoms. The predicted octanol–water partition coefficient (Wildman–Crippen LogP) is 1.58. The van der Waals surface area contributed by atoms with Crippen molar-refractivity contribution in [3.05, 3.63) is 16.8 Å². The molecule has 0 saturated carbocycles. The molecule has 0 spiro atoms. The third-order valence-electron chi connectivity index (χ3n) is 3.74. The average molecular weight is 306 g/mol. The van der Waals surface area contributed by atoms with Gasteiger partial charge in [-0.15, -0.1) is 11.3 Å². The van der Waals surface area contributed by atoms with E-state index in [9.17, 15) is 4.79 Å². The van der Waals surface area contributed by atoms with Crippen molar-refractivity contribution in [1.29, 1.82) is 0 Å². The summed E-state index contributed by atoms with van der Waals surface area (Å²) in [5, 5.41) is 4.19. The number of carbonyl (C=O) groups excluding carboxylic acids is 1. The topological polar surface area (TPSA) is 67.4 Å². The van der Waals surface area contributed by atoms with Crippen molar-refractivity contribution in [2.75, 3.05) is 38.2 Å². The van der Waals surface area contributed by atoms with Gasteiger partial charge in [0.2, 0.25) is 5.91 Å². The lowest BCUT2D eigenvalue weighted by Gasteiger charge is -2.27. The summed E-state index contributed by atoms with van der Waals surface area (Å²) in [4.78, 5) is 24.8. The molecule has 0 radical (unpaired) electrons.